The first kappa shape index (κ1) is 12.4. The maximum absolute atomic E-state index is 13.5. The van der Waals surface area contributed by atoms with Crippen LogP contribution in [0.2, 0.25) is 0 Å². The van der Waals surface area contributed by atoms with Gasteiger partial charge in [-0.2, -0.15) is 0 Å². The summed E-state index contributed by atoms with van der Waals surface area (Å²) in [6, 6.07) is 8.69. The smallest absolute Gasteiger partial charge is 0.218 e. The number of ether oxygens (including phenoxy) is 1. The summed E-state index contributed by atoms with van der Waals surface area (Å²) in [5, 5.41) is 3.05. The number of rotatable bonds is 4. The van der Waals surface area contributed by atoms with E-state index in [9.17, 15) is 4.39 Å². The van der Waals surface area contributed by atoms with E-state index >= 15 is 0 Å². The first-order valence-corrected chi connectivity index (χ1v) is 5.68. The van der Waals surface area contributed by atoms with Crippen LogP contribution in [-0.4, -0.2) is 12.1 Å². The van der Waals surface area contributed by atoms with Crippen LogP contribution in [0.1, 0.15) is 11.1 Å². The monoisotopic (exact) mass is 246 g/mol. The number of aromatic nitrogens is 1. The average Bonchev–Trinajstić information content (AvgIpc) is 2.40. The second-order valence-corrected chi connectivity index (χ2v) is 4.01. The number of benzene rings is 1. The largest absolute Gasteiger partial charge is 0.481 e. The first-order valence-electron chi connectivity index (χ1n) is 5.68. The zero-order chi connectivity index (χ0) is 13.0. The van der Waals surface area contributed by atoms with Crippen molar-refractivity contribution >= 4 is 5.69 Å². The molecule has 2 rings (SSSR count). The summed E-state index contributed by atoms with van der Waals surface area (Å²) in [7, 11) is 1.57. The third-order valence-electron chi connectivity index (χ3n) is 2.63. The highest BCUT2D eigenvalue weighted by molar-refractivity contribution is 5.48. The summed E-state index contributed by atoms with van der Waals surface area (Å²) in [5.41, 5.74) is 2.39. The lowest BCUT2D eigenvalue weighted by atomic mass is 10.2. The Kier molecular flexibility index (Phi) is 3.77. The van der Waals surface area contributed by atoms with Crippen LogP contribution < -0.4 is 10.1 Å². The van der Waals surface area contributed by atoms with Crippen molar-refractivity contribution in [1.29, 1.82) is 0 Å². The molecule has 0 saturated carbocycles. The Morgan fingerprint density at radius 1 is 1.33 bits per heavy atom. The zero-order valence-electron chi connectivity index (χ0n) is 10.4. The summed E-state index contributed by atoms with van der Waals surface area (Å²) in [6.07, 6.45) is 1.66. The summed E-state index contributed by atoms with van der Waals surface area (Å²) in [5.74, 6) is 0.293. The molecule has 1 aromatic carbocycles. The number of anilines is 1. The lowest BCUT2D eigenvalue weighted by Crippen LogP contribution is -2.04. The molecular weight excluding hydrogens is 231 g/mol. The second kappa shape index (κ2) is 5.49. The van der Waals surface area contributed by atoms with Crippen molar-refractivity contribution in [1.82, 2.24) is 4.98 Å². The predicted octanol–water partition coefficient (Wildman–Crippen LogP) is 3.15. The minimum Gasteiger partial charge on any atom is -0.481 e. The van der Waals surface area contributed by atoms with Crippen LogP contribution in [0.5, 0.6) is 5.88 Å². The normalized spacial score (nSPS) is 10.2. The number of pyridine rings is 1. The van der Waals surface area contributed by atoms with Gasteiger partial charge in [0.05, 0.1) is 12.8 Å². The molecule has 1 heterocycles. The molecule has 1 aromatic heterocycles. The molecule has 3 nitrogen and oxygen atoms in total. The zero-order valence-corrected chi connectivity index (χ0v) is 10.4. The number of hydrogen-bond donors (Lipinski definition) is 1. The second-order valence-electron chi connectivity index (χ2n) is 4.01. The molecule has 0 bridgehead atoms. The summed E-state index contributed by atoms with van der Waals surface area (Å²) in [4.78, 5) is 4.09. The summed E-state index contributed by atoms with van der Waals surface area (Å²) in [6.45, 7) is 2.40. The fourth-order valence-corrected chi connectivity index (χ4v) is 1.71. The minimum absolute atomic E-state index is 0.261. The Morgan fingerprint density at radius 3 is 2.94 bits per heavy atom. The maximum Gasteiger partial charge on any atom is 0.218 e. The molecule has 0 fully saturated rings. The number of hydrogen-bond acceptors (Lipinski definition) is 3. The lowest BCUT2D eigenvalue weighted by Gasteiger charge is -2.10. The van der Waals surface area contributed by atoms with Crippen molar-refractivity contribution in [2.24, 2.45) is 0 Å². The van der Waals surface area contributed by atoms with Crippen LogP contribution in [0.4, 0.5) is 10.1 Å². The van der Waals surface area contributed by atoms with Crippen molar-refractivity contribution in [3.05, 3.63) is 53.5 Å². The van der Waals surface area contributed by atoms with Crippen molar-refractivity contribution in [3.8, 4) is 5.88 Å². The Hall–Kier alpha value is -2.10. The van der Waals surface area contributed by atoms with Crippen molar-refractivity contribution in [2.45, 2.75) is 13.5 Å². The number of nitrogens with one attached hydrogen (secondary N) is 1. The highest BCUT2D eigenvalue weighted by Crippen LogP contribution is 2.19. The maximum atomic E-state index is 13.5. The van der Waals surface area contributed by atoms with Gasteiger partial charge in [0.2, 0.25) is 5.88 Å². The minimum atomic E-state index is -0.261. The van der Waals surface area contributed by atoms with Gasteiger partial charge in [0.15, 0.2) is 0 Å². The third kappa shape index (κ3) is 2.77. The highest BCUT2D eigenvalue weighted by Gasteiger charge is 2.05. The lowest BCUT2D eigenvalue weighted by molar-refractivity contribution is 0.393. The van der Waals surface area contributed by atoms with Gasteiger partial charge < -0.3 is 10.1 Å². The molecular formula is C14H15FN2O. The molecule has 0 radical (unpaired) electrons. The molecule has 0 aliphatic heterocycles. The Morgan fingerprint density at radius 2 is 2.17 bits per heavy atom. The molecule has 1 N–H and O–H groups in total. The van der Waals surface area contributed by atoms with Gasteiger partial charge in [0.1, 0.15) is 5.82 Å². The fourth-order valence-electron chi connectivity index (χ4n) is 1.71. The van der Waals surface area contributed by atoms with Crippen LogP contribution in [0.25, 0.3) is 0 Å². The van der Waals surface area contributed by atoms with Crippen LogP contribution in [0.15, 0.2) is 36.5 Å². The SMILES string of the molecule is COc1ncccc1CNc1cc(C)ccc1F. The van der Waals surface area contributed by atoms with Crippen molar-refractivity contribution in [2.75, 3.05) is 12.4 Å². The molecule has 2 aromatic rings. The highest BCUT2D eigenvalue weighted by atomic mass is 19.1. The van der Waals surface area contributed by atoms with E-state index in [1.165, 1.54) is 6.07 Å². The van der Waals surface area contributed by atoms with Crippen LogP contribution in [0, 0.1) is 12.7 Å². The number of halogens is 1. The van der Waals surface area contributed by atoms with Gasteiger partial charge in [-0.05, 0) is 30.7 Å². The van der Waals surface area contributed by atoms with E-state index in [4.69, 9.17) is 4.74 Å². The molecule has 18 heavy (non-hydrogen) atoms. The van der Waals surface area contributed by atoms with E-state index in [-0.39, 0.29) is 5.82 Å². The molecule has 0 aliphatic carbocycles. The Bertz CT molecular complexity index is 543. The third-order valence-corrected chi connectivity index (χ3v) is 2.63. The van der Waals surface area contributed by atoms with Crippen molar-refractivity contribution in [3.63, 3.8) is 0 Å². The summed E-state index contributed by atoms with van der Waals surface area (Å²) >= 11 is 0. The van der Waals surface area contributed by atoms with E-state index in [2.05, 4.69) is 10.3 Å². The van der Waals surface area contributed by atoms with Crippen LogP contribution >= 0.6 is 0 Å². The molecule has 0 unspecified atom stereocenters. The standard InChI is InChI=1S/C14H15FN2O/c1-10-5-6-12(15)13(8-10)17-9-11-4-3-7-16-14(11)18-2/h3-8,17H,9H2,1-2H3. The van der Waals surface area contributed by atoms with Crippen LogP contribution in [0.3, 0.4) is 0 Å². The van der Waals surface area contributed by atoms with E-state index in [0.717, 1.165) is 11.1 Å². The molecule has 4 heteroatoms. The Balaban J connectivity index is 2.14. The predicted molar refractivity (Wildman–Crippen MR) is 69.3 cm³/mol. The van der Waals surface area contributed by atoms with Crippen molar-refractivity contribution < 1.29 is 9.13 Å². The van der Waals surface area contributed by atoms with Gasteiger partial charge >= 0.3 is 0 Å². The average molecular weight is 246 g/mol. The van der Waals surface area contributed by atoms with Gasteiger partial charge in [-0.3, -0.25) is 0 Å². The fraction of sp³-hybridized carbons (Fsp3) is 0.214. The summed E-state index contributed by atoms with van der Waals surface area (Å²) < 4.78 is 18.7. The molecule has 94 valence electrons. The van der Waals surface area contributed by atoms with E-state index < -0.39 is 0 Å². The van der Waals surface area contributed by atoms with Gasteiger partial charge in [-0.15, -0.1) is 0 Å². The first-order chi connectivity index (χ1) is 8.70. The van der Waals surface area contributed by atoms with E-state index in [1.807, 2.05) is 19.1 Å². The van der Waals surface area contributed by atoms with Crippen LogP contribution in [-0.2, 0) is 6.54 Å². The molecule has 0 saturated heterocycles. The molecule has 0 aliphatic rings. The van der Waals surface area contributed by atoms with E-state index in [0.29, 0.717) is 18.1 Å². The molecule has 0 spiro atoms. The number of nitrogens with zero attached hydrogens (tertiary/aromatic N) is 1. The topological polar surface area (TPSA) is 34.1 Å². The van der Waals surface area contributed by atoms with Gasteiger partial charge in [0.25, 0.3) is 0 Å². The van der Waals surface area contributed by atoms with E-state index in [1.54, 1.807) is 25.4 Å². The van der Waals surface area contributed by atoms with Gasteiger partial charge in [0, 0.05) is 18.3 Å². The number of aryl methyl sites for hydroxylation is 1. The number of methoxy groups -OCH3 is 1. The Labute approximate surface area is 106 Å². The molecule has 0 amide bonds. The molecule has 0 atom stereocenters. The van der Waals surface area contributed by atoms with Gasteiger partial charge in [-0.1, -0.05) is 12.1 Å². The quantitative estimate of drug-likeness (QED) is 0.899. The van der Waals surface area contributed by atoms with Gasteiger partial charge in [-0.25, -0.2) is 9.37 Å².